The Morgan fingerprint density at radius 1 is 1.42 bits per heavy atom. The summed E-state index contributed by atoms with van der Waals surface area (Å²) in [6, 6.07) is 2.55. The first-order valence-electron chi connectivity index (χ1n) is 4.28. The van der Waals surface area contributed by atoms with Crippen LogP contribution in [0.2, 0.25) is 0 Å². The molecule has 1 heterocycles. The van der Waals surface area contributed by atoms with Crippen LogP contribution in [0.5, 0.6) is 0 Å². The second-order valence-corrected chi connectivity index (χ2v) is 3.11. The second kappa shape index (κ2) is 4.83. The average molecular weight is 165 g/mol. The van der Waals surface area contributed by atoms with E-state index in [9.17, 15) is 0 Å². The van der Waals surface area contributed by atoms with Crippen molar-refractivity contribution < 1.29 is 0 Å². The first-order valence-corrected chi connectivity index (χ1v) is 4.28. The lowest BCUT2D eigenvalue weighted by Gasteiger charge is -2.06. The summed E-state index contributed by atoms with van der Waals surface area (Å²) in [5.74, 6) is 0. The number of aromatic nitrogens is 2. The summed E-state index contributed by atoms with van der Waals surface area (Å²) in [4.78, 5) is 0. The third kappa shape index (κ3) is 3.44. The highest BCUT2D eigenvalue weighted by atomic mass is 15.1. The molecule has 1 rings (SSSR count). The number of rotatable bonds is 4. The first kappa shape index (κ1) is 9.13. The smallest absolute Gasteiger partial charge is 0.0528 e. The van der Waals surface area contributed by atoms with E-state index in [1.54, 1.807) is 6.20 Å². The predicted molar refractivity (Wildman–Crippen MR) is 48.9 cm³/mol. The number of hydrogen-bond donors (Lipinski definition) is 1. The van der Waals surface area contributed by atoms with Crippen LogP contribution in [0.1, 0.15) is 19.4 Å². The predicted octanol–water partition coefficient (Wildman–Crippen LogP) is 1.02. The summed E-state index contributed by atoms with van der Waals surface area (Å²) in [6.45, 7) is 5.29. The van der Waals surface area contributed by atoms with Gasteiger partial charge in [-0.25, -0.2) is 0 Å². The van der Waals surface area contributed by atoms with Crippen LogP contribution in [0.3, 0.4) is 0 Å². The van der Waals surface area contributed by atoms with Gasteiger partial charge in [0.1, 0.15) is 0 Å². The zero-order valence-corrected chi connectivity index (χ0v) is 7.62. The summed E-state index contributed by atoms with van der Waals surface area (Å²) < 4.78 is 0. The molecule has 0 bridgehead atoms. The van der Waals surface area contributed by atoms with Gasteiger partial charge < -0.3 is 5.32 Å². The lowest BCUT2D eigenvalue weighted by atomic mass is 10.2. The van der Waals surface area contributed by atoms with Crippen LogP contribution >= 0.6 is 0 Å². The molecule has 0 saturated heterocycles. The molecule has 0 amide bonds. The van der Waals surface area contributed by atoms with Gasteiger partial charge in [0.25, 0.3) is 0 Å². The lowest BCUT2D eigenvalue weighted by Crippen LogP contribution is -2.24. The Morgan fingerprint density at radius 2 is 2.25 bits per heavy atom. The minimum Gasteiger partial charge on any atom is -0.314 e. The van der Waals surface area contributed by atoms with Crippen LogP contribution in [-0.4, -0.2) is 22.8 Å². The molecule has 12 heavy (non-hydrogen) atoms. The molecule has 1 aromatic heterocycles. The number of nitrogens with one attached hydrogen (secondary N) is 1. The molecule has 66 valence electrons. The molecule has 0 aliphatic carbocycles. The van der Waals surface area contributed by atoms with Gasteiger partial charge in [0.05, 0.1) is 6.20 Å². The Labute approximate surface area is 73.2 Å². The van der Waals surface area contributed by atoms with Crippen LogP contribution in [0.4, 0.5) is 0 Å². The highest BCUT2D eigenvalue weighted by Gasteiger charge is 1.93. The Bertz CT molecular complexity index is 208. The Hall–Kier alpha value is -0.960. The highest BCUT2D eigenvalue weighted by Crippen LogP contribution is 1.93. The van der Waals surface area contributed by atoms with E-state index >= 15 is 0 Å². The van der Waals surface area contributed by atoms with Gasteiger partial charge in [0.15, 0.2) is 0 Å². The van der Waals surface area contributed by atoms with Crippen molar-refractivity contribution in [1.82, 2.24) is 15.5 Å². The number of hydrogen-bond acceptors (Lipinski definition) is 3. The maximum Gasteiger partial charge on any atom is 0.0528 e. The fourth-order valence-electron chi connectivity index (χ4n) is 0.971. The van der Waals surface area contributed by atoms with Gasteiger partial charge in [-0.05, 0) is 24.6 Å². The zero-order chi connectivity index (χ0) is 8.81. The molecule has 0 radical (unpaired) electrons. The molecular formula is C9H15N3. The van der Waals surface area contributed by atoms with E-state index in [-0.39, 0.29) is 0 Å². The number of nitrogens with zero attached hydrogens (tertiary/aromatic N) is 2. The van der Waals surface area contributed by atoms with Crippen molar-refractivity contribution in [1.29, 1.82) is 0 Å². The van der Waals surface area contributed by atoms with Crippen molar-refractivity contribution in [3.63, 3.8) is 0 Å². The molecule has 3 heteroatoms. The summed E-state index contributed by atoms with van der Waals surface area (Å²) in [7, 11) is 0. The third-order valence-corrected chi connectivity index (χ3v) is 1.61. The minimum absolute atomic E-state index is 0.555. The molecule has 3 nitrogen and oxygen atoms in total. The molecule has 0 spiro atoms. The van der Waals surface area contributed by atoms with Crippen LogP contribution in [0.15, 0.2) is 18.5 Å². The molecule has 0 aliphatic rings. The Kier molecular flexibility index (Phi) is 3.67. The fourth-order valence-corrected chi connectivity index (χ4v) is 0.971. The standard InChI is InChI=1S/C9H15N3/c1-8(2)10-5-3-9-4-6-11-12-7-9/h4,6-8,10H,3,5H2,1-2H3. The van der Waals surface area contributed by atoms with Gasteiger partial charge in [-0.15, -0.1) is 0 Å². The molecule has 0 fully saturated rings. The van der Waals surface area contributed by atoms with Crippen molar-refractivity contribution in [3.05, 3.63) is 24.0 Å². The molecular weight excluding hydrogens is 150 g/mol. The Morgan fingerprint density at radius 3 is 2.83 bits per heavy atom. The topological polar surface area (TPSA) is 37.8 Å². The lowest BCUT2D eigenvalue weighted by molar-refractivity contribution is 0.589. The fraction of sp³-hybridized carbons (Fsp3) is 0.556. The van der Waals surface area contributed by atoms with E-state index in [2.05, 4.69) is 29.4 Å². The van der Waals surface area contributed by atoms with E-state index in [0.29, 0.717) is 6.04 Å². The normalized spacial score (nSPS) is 10.6. The maximum atomic E-state index is 3.80. The van der Waals surface area contributed by atoms with E-state index in [4.69, 9.17) is 0 Å². The van der Waals surface area contributed by atoms with Crippen molar-refractivity contribution in [3.8, 4) is 0 Å². The van der Waals surface area contributed by atoms with Gasteiger partial charge in [0.2, 0.25) is 0 Å². The summed E-state index contributed by atoms with van der Waals surface area (Å²) in [6.07, 6.45) is 4.56. The van der Waals surface area contributed by atoms with E-state index in [1.165, 1.54) is 5.56 Å². The average Bonchev–Trinajstić information content (AvgIpc) is 2.05. The van der Waals surface area contributed by atoms with Gasteiger partial charge in [-0.1, -0.05) is 13.8 Å². The van der Waals surface area contributed by atoms with Gasteiger partial charge in [-0.2, -0.15) is 10.2 Å². The molecule has 1 N–H and O–H groups in total. The van der Waals surface area contributed by atoms with Gasteiger partial charge in [-0.3, -0.25) is 0 Å². The van der Waals surface area contributed by atoms with Crippen molar-refractivity contribution in [2.75, 3.05) is 6.54 Å². The molecule has 0 aromatic carbocycles. The van der Waals surface area contributed by atoms with Crippen LogP contribution in [0, 0.1) is 0 Å². The first-order chi connectivity index (χ1) is 5.79. The van der Waals surface area contributed by atoms with Crippen LogP contribution in [0.25, 0.3) is 0 Å². The monoisotopic (exact) mass is 165 g/mol. The van der Waals surface area contributed by atoms with Gasteiger partial charge >= 0.3 is 0 Å². The van der Waals surface area contributed by atoms with Crippen molar-refractivity contribution >= 4 is 0 Å². The SMILES string of the molecule is CC(C)NCCc1ccnnc1. The van der Waals surface area contributed by atoms with Gasteiger partial charge in [0, 0.05) is 12.2 Å². The minimum atomic E-state index is 0.555. The quantitative estimate of drug-likeness (QED) is 0.723. The van der Waals surface area contributed by atoms with Crippen LogP contribution in [-0.2, 0) is 6.42 Å². The molecule has 0 saturated carbocycles. The van der Waals surface area contributed by atoms with E-state index in [1.807, 2.05) is 12.3 Å². The summed E-state index contributed by atoms with van der Waals surface area (Å²) >= 11 is 0. The molecule has 0 atom stereocenters. The zero-order valence-electron chi connectivity index (χ0n) is 7.62. The maximum absolute atomic E-state index is 3.80. The van der Waals surface area contributed by atoms with Crippen molar-refractivity contribution in [2.24, 2.45) is 0 Å². The second-order valence-electron chi connectivity index (χ2n) is 3.11. The van der Waals surface area contributed by atoms with E-state index < -0.39 is 0 Å². The van der Waals surface area contributed by atoms with E-state index in [0.717, 1.165) is 13.0 Å². The summed E-state index contributed by atoms with van der Waals surface area (Å²) in [5.41, 5.74) is 1.23. The third-order valence-electron chi connectivity index (χ3n) is 1.61. The Balaban J connectivity index is 2.25. The highest BCUT2D eigenvalue weighted by molar-refractivity contribution is 5.05. The largest absolute Gasteiger partial charge is 0.314 e. The molecule has 0 aliphatic heterocycles. The summed E-state index contributed by atoms with van der Waals surface area (Å²) in [5, 5.41) is 10.9. The molecule has 1 aromatic rings. The molecule has 0 unspecified atom stereocenters. The van der Waals surface area contributed by atoms with Crippen molar-refractivity contribution in [2.45, 2.75) is 26.3 Å². The van der Waals surface area contributed by atoms with Crippen LogP contribution < -0.4 is 5.32 Å².